The molecule has 0 bridgehead atoms. The third-order valence-corrected chi connectivity index (χ3v) is 5.60. The molecule has 4 nitrogen and oxygen atoms in total. The van der Waals surface area contributed by atoms with E-state index in [0.717, 1.165) is 30.5 Å². The van der Waals surface area contributed by atoms with Crippen LogP contribution in [0.2, 0.25) is 0 Å². The molecule has 2 aliphatic carbocycles. The minimum Gasteiger partial charge on any atom is -0.314 e. The Labute approximate surface area is 144 Å². The summed E-state index contributed by atoms with van der Waals surface area (Å²) in [4.78, 5) is 38.6. The Hall–Kier alpha value is -1.71. The Morgan fingerprint density at radius 3 is 2.42 bits per heavy atom. The molecule has 4 heteroatoms. The van der Waals surface area contributed by atoms with Gasteiger partial charge in [-0.25, -0.2) is 0 Å². The SMILES string of the molecule is CC(C)CC1C(=O)C=CC2=C1N(CC1CCC(=O)CC1)C(=O)C2C. The number of nitrogens with zero attached hydrogens (tertiary/aromatic N) is 1. The van der Waals surface area contributed by atoms with Gasteiger partial charge in [-0.2, -0.15) is 0 Å². The van der Waals surface area contributed by atoms with Crippen LogP contribution in [0, 0.1) is 23.7 Å². The van der Waals surface area contributed by atoms with Crippen LogP contribution < -0.4 is 0 Å². The predicted octanol–water partition coefficient (Wildman–Crippen LogP) is 3.28. The summed E-state index contributed by atoms with van der Waals surface area (Å²) in [6.07, 6.45) is 7.25. The molecule has 1 saturated carbocycles. The molecule has 0 spiro atoms. The highest BCUT2D eigenvalue weighted by atomic mass is 16.2. The molecule has 0 aromatic carbocycles. The van der Waals surface area contributed by atoms with Crippen molar-refractivity contribution in [3.05, 3.63) is 23.4 Å². The summed E-state index contributed by atoms with van der Waals surface area (Å²) < 4.78 is 0. The van der Waals surface area contributed by atoms with Crippen molar-refractivity contribution in [3.8, 4) is 0 Å². The zero-order valence-electron chi connectivity index (χ0n) is 14.9. The second-order valence-electron chi connectivity index (χ2n) is 7.91. The van der Waals surface area contributed by atoms with E-state index in [1.165, 1.54) is 0 Å². The number of hydrogen-bond donors (Lipinski definition) is 0. The highest BCUT2D eigenvalue weighted by molar-refractivity contribution is 6.00. The van der Waals surface area contributed by atoms with Gasteiger partial charge in [-0.15, -0.1) is 0 Å². The van der Waals surface area contributed by atoms with Gasteiger partial charge in [0.05, 0.1) is 11.8 Å². The van der Waals surface area contributed by atoms with Gasteiger partial charge in [-0.1, -0.05) is 19.9 Å². The van der Waals surface area contributed by atoms with Crippen LogP contribution >= 0.6 is 0 Å². The smallest absolute Gasteiger partial charge is 0.234 e. The first-order valence-electron chi connectivity index (χ1n) is 9.17. The van der Waals surface area contributed by atoms with Gasteiger partial charge in [0.1, 0.15) is 5.78 Å². The Balaban J connectivity index is 1.85. The third-order valence-electron chi connectivity index (χ3n) is 5.60. The number of carbonyl (C=O) groups is 3. The maximum Gasteiger partial charge on any atom is 0.234 e. The summed E-state index contributed by atoms with van der Waals surface area (Å²) >= 11 is 0. The molecule has 0 radical (unpaired) electrons. The quantitative estimate of drug-likeness (QED) is 0.795. The summed E-state index contributed by atoms with van der Waals surface area (Å²) in [5, 5.41) is 0. The lowest BCUT2D eigenvalue weighted by Gasteiger charge is -2.32. The van der Waals surface area contributed by atoms with Gasteiger partial charge in [-0.3, -0.25) is 14.4 Å². The van der Waals surface area contributed by atoms with E-state index < -0.39 is 0 Å². The van der Waals surface area contributed by atoms with Crippen LogP contribution in [0.5, 0.6) is 0 Å². The van der Waals surface area contributed by atoms with E-state index in [0.29, 0.717) is 37.0 Å². The average molecular weight is 329 g/mol. The number of hydrogen-bond acceptors (Lipinski definition) is 3. The van der Waals surface area contributed by atoms with Crippen LogP contribution in [-0.2, 0) is 14.4 Å². The molecule has 2 atom stereocenters. The molecule has 3 rings (SSSR count). The minimum atomic E-state index is -0.191. The molecule has 130 valence electrons. The Morgan fingerprint density at radius 2 is 1.79 bits per heavy atom. The van der Waals surface area contributed by atoms with Gasteiger partial charge < -0.3 is 4.90 Å². The van der Waals surface area contributed by atoms with Crippen molar-refractivity contribution in [3.63, 3.8) is 0 Å². The molecule has 1 amide bonds. The fraction of sp³-hybridized carbons (Fsp3) is 0.650. The molecule has 1 fully saturated rings. The van der Waals surface area contributed by atoms with Crippen LogP contribution in [0.4, 0.5) is 0 Å². The largest absolute Gasteiger partial charge is 0.314 e. The monoisotopic (exact) mass is 329 g/mol. The van der Waals surface area contributed by atoms with Crippen LogP contribution in [0.15, 0.2) is 23.4 Å². The van der Waals surface area contributed by atoms with Crippen LogP contribution in [0.3, 0.4) is 0 Å². The van der Waals surface area contributed by atoms with Gasteiger partial charge in [0.25, 0.3) is 0 Å². The summed E-state index contributed by atoms with van der Waals surface area (Å²) in [7, 11) is 0. The van der Waals surface area contributed by atoms with Crippen molar-refractivity contribution in [1.82, 2.24) is 4.90 Å². The maximum atomic E-state index is 12.8. The van der Waals surface area contributed by atoms with E-state index in [4.69, 9.17) is 0 Å². The Bertz CT molecular complexity index is 619. The first-order valence-corrected chi connectivity index (χ1v) is 9.17. The number of allylic oxidation sites excluding steroid dienone is 3. The average Bonchev–Trinajstić information content (AvgIpc) is 2.77. The van der Waals surface area contributed by atoms with Crippen molar-refractivity contribution in [2.75, 3.05) is 6.54 Å². The number of rotatable bonds is 4. The molecule has 1 heterocycles. The minimum absolute atomic E-state index is 0.116. The number of amides is 1. The number of Topliss-reactive ketones (excluding diaryl/α,β-unsaturated/α-hetero) is 1. The van der Waals surface area contributed by atoms with Crippen LogP contribution in [-0.4, -0.2) is 28.9 Å². The van der Waals surface area contributed by atoms with Gasteiger partial charge in [0.2, 0.25) is 5.91 Å². The van der Waals surface area contributed by atoms with E-state index in [9.17, 15) is 14.4 Å². The lowest BCUT2D eigenvalue weighted by Crippen LogP contribution is -2.38. The summed E-state index contributed by atoms with van der Waals surface area (Å²) in [5.74, 6) is 0.984. The van der Waals surface area contributed by atoms with Crippen molar-refractivity contribution >= 4 is 17.5 Å². The summed E-state index contributed by atoms with van der Waals surface area (Å²) in [5.41, 5.74) is 1.97. The van der Waals surface area contributed by atoms with Crippen LogP contribution in [0.25, 0.3) is 0 Å². The molecule has 0 saturated heterocycles. The van der Waals surface area contributed by atoms with Gasteiger partial charge in [-0.05, 0) is 49.7 Å². The molecular weight excluding hydrogens is 302 g/mol. The van der Waals surface area contributed by atoms with Crippen molar-refractivity contribution in [2.45, 2.75) is 52.9 Å². The van der Waals surface area contributed by atoms with Gasteiger partial charge in [0.15, 0.2) is 5.78 Å². The standard InChI is InChI=1S/C20H27NO3/c1-12(2)10-17-18(23)9-8-16-13(3)20(24)21(19(16)17)11-14-4-6-15(22)7-5-14/h8-9,12-14,17H,4-7,10-11H2,1-3H3. The lowest BCUT2D eigenvalue weighted by atomic mass is 9.83. The van der Waals surface area contributed by atoms with E-state index in [-0.39, 0.29) is 23.5 Å². The molecule has 3 aliphatic rings. The molecule has 1 aliphatic heterocycles. The van der Waals surface area contributed by atoms with Crippen LogP contribution in [0.1, 0.15) is 52.9 Å². The van der Waals surface area contributed by atoms with Crippen molar-refractivity contribution in [1.29, 1.82) is 0 Å². The topological polar surface area (TPSA) is 54.5 Å². The normalized spacial score (nSPS) is 28.3. The van der Waals surface area contributed by atoms with E-state index in [1.54, 1.807) is 6.08 Å². The molecule has 0 N–H and O–H groups in total. The number of carbonyl (C=O) groups excluding carboxylic acids is 3. The second kappa shape index (κ2) is 6.66. The van der Waals surface area contributed by atoms with Crippen molar-refractivity contribution < 1.29 is 14.4 Å². The first-order chi connectivity index (χ1) is 11.4. The Morgan fingerprint density at radius 1 is 1.12 bits per heavy atom. The molecule has 0 aromatic rings. The van der Waals surface area contributed by atoms with E-state index in [2.05, 4.69) is 13.8 Å². The molecule has 0 aromatic heterocycles. The highest BCUT2D eigenvalue weighted by Gasteiger charge is 2.43. The lowest BCUT2D eigenvalue weighted by molar-refractivity contribution is -0.131. The molecular formula is C20H27NO3. The van der Waals surface area contributed by atoms with E-state index >= 15 is 0 Å². The fourth-order valence-electron chi connectivity index (χ4n) is 4.23. The predicted molar refractivity (Wildman–Crippen MR) is 92.0 cm³/mol. The number of ketones is 2. The Kier molecular flexibility index (Phi) is 4.75. The van der Waals surface area contributed by atoms with Gasteiger partial charge in [0, 0.05) is 25.1 Å². The highest BCUT2D eigenvalue weighted by Crippen LogP contribution is 2.41. The summed E-state index contributed by atoms with van der Waals surface area (Å²) in [6, 6.07) is 0. The molecule has 24 heavy (non-hydrogen) atoms. The zero-order valence-corrected chi connectivity index (χ0v) is 14.9. The fourth-order valence-corrected chi connectivity index (χ4v) is 4.23. The first kappa shape index (κ1) is 17.1. The summed E-state index contributed by atoms with van der Waals surface area (Å²) in [6.45, 7) is 6.83. The van der Waals surface area contributed by atoms with Crippen molar-refractivity contribution in [2.24, 2.45) is 23.7 Å². The van der Waals surface area contributed by atoms with Gasteiger partial charge >= 0.3 is 0 Å². The second-order valence-corrected chi connectivity index (χ2v) is 7.91. The third kappa shape index (κ3) is 3.11. The maximum absolute atomic E-state index is 12.8. The molecule has 2 unspecified atom stereocenters. The zero-order chi connectivity index (χ0) is 17.4. The van der Waals surface area contributed by atoms with E-state index in [1.807, 2.05) is 17.9 Å².